The summed E-state index contributed by atoms with van der Waals surface area (Å²) in [6.45, 7) is 1.56. The van der Waals surface area contributed by atoms with Crippen LogP contribution >= 0.6 is 0 Å². The summed E-state index contributed by atoms with van der Waals surface area (Å²) in [7, 11) is 1.60. The molecule has 0 aromatic heterocycles. The van der Waals surface area contributed by atoms with Crippen molar-refractivity contribution >= 4 is 11.6 Å². The third-order valence-electron chi connectivity index (χ3n) is 2.00. The first-order valence-corrected chi connectivity index (χ1v) is 5.09. The van der Waals surface area contributed by atoms with Gasteiger partial charge in [0.2, 0.25) is 0 Å². The fourth-order valence-electron chi connectivity index (χ4n) is 1.20. The van der Waals surface area contributed by atoms with E-state index >= 15 is 0 Å². The SMILES string of the molecule is COCC[NH2+]CC(=O)Nc1ccccc1F. The van der Waals surface area contributed by atoms with E-state index in [1.807, 2.05) is 0 Å². The summed E-state index contributed by atoms with van der Waals surface area (Å²) < 4.78 is 18.0. The Morgan fingerprint density at radius 1 is 1.50 bits per heavy atom. The number of ether oxygens (including phenoxy) is 1. The summed E-state index contributed by atoms with van der Waals surface area (Å²) in [5.41, 5.74) is 0.215. The van der Waals surface area contributed by atoms with Gasteiger partial charge in [0.25, 0.3) is 5.91 Å². The average molecular weight is 227 g/mol. The first-order valence-electron chi connectivity index (χ1n) is 5.09. The van der Waals surface area contributed by atoms with Gasteiger partial charge in [0.15, 0.2) is 6.54 Å². The number of halogens is 1. The molecule has 4 nitrogen and oxygen atoms in total. The molecule has 16 heavy (non-hydrogen) atoms. The minimum absolute atomic E-state index is 0.215. The molecule has 1 aromatic carbocycles. The van der Waals surface area contributed by atoms with Crippen LogP contribution in [0.3, 0.4) is 0 Å². The summed E-state index contributed by atoms with van der Waals surface area (Å²) >= 11 is 0. The number of nitrogens with two attached hydrogens (primary N) is 1. The number of benzene rings is 1. The lowest BCUT2D eigenvalue weighted by atomic mass is 10.3. The largest absolute Gasteiger partial charge is 0.379 e. The molecule has 0 unspecified atom stereocenters. The van der Waals surface area contributed by atoms with Crippen LogP contribution in [0.15, 0.2) is 24.3 Å². The van der Waals surface area contributed by atoms with E-state index in [-0.39, 0.29) is 18.1 Å². The number of para-hydroxylation sites is 1. The number of hydrogen-bond acceptors (Lipinski definition) is 2. The Morgan fingerprint density at radius 3 is 2.94 bits per heavy atom. The van der Waals surface area contributed by atoms with Gasteiger partial charge in [-0.1, -0.05) is 12.1 Å². The molecule has 0 fully saturated rings. The smallest absolute Gasteiger partial charge is 0.279 e. The Bertz CT molecular complexity index is 345. The van der Waals surface area contributed by atoms with Gasteiger partial charge >= 0.3 is 0 Å². The quantitative estimate of drug-likeness (QED) is 0.671. The zero-order valence-corrected chi connectivity index (χ0v) is 9.20. The summed E-state index contributed by atoms with van der Waals surface area (Å²) in [5, 5.41) is 4.31. The Morgan fingerprint density at radius 2 is 2.25 bits per heavy atom. The molecule has 0 aliphatic heterocycles. The number of carbonyl (C=O) groups excluding carboxylic acids is 1. The highest BCUT2D eigenvalue weighted by Gasteiger charge is 2.06. The third kappa shape index (κ3) is 4.37. The maximum atomic E-state index is 13.1. The molecule has 0 saturated carbocycles. The molecule has 3 N–H and O–H groups in total. The zero-order chi connectivity index (χ0) is 11.8. The lowest BCUT2D eigenvalue weighted by molar-refractivity contribution is -0.645. The molecule has 1 rings (SSSR count). The minimum Gasteiger partial charge on any atom is -0.379 e. The van der Waals surface area contributed by atoms with E-state index in [4.69, 9.17) is 4.74 Å². The highest BCUT2D eigenvalue weighted by atomic mass is 19.1. The predicted octanol–water partition coefficient (Wildman–Crippen LogP) is -0.0260. The van der Waals surface area contributed by atoms with E-state index in [1.54, 1.807) is 24.6 Å². The van der Waals surface area contributed by atoms with Crippen LogP contribution in [0.1, 0.15) is 0 Å². The molecule has 0 atom stereocenters. The Hall–Kier alpha value is -1.46. The first-order chi connectivity index (χ1) is 7.74. The van der Waals surface area contributed by atoms with Crippen LogP contribution in [0.4, 0.5) is 10.1 Å². The second-order valence-electron chi connectivity index (χ2n) is 3.30. The number of nitrogens with one attached hydrogen (secondary N) is 1. The molecule has 0 bridgehead atoms. The van der Waals surface area contributed by atoms with E-state index in [9.17, 15) is 9.18 Å². The minimum atomic E-state index is -0.423. The fourth-order valence-corrected chi connectivity index (χ4v) is 1.20. The summed E-state index contributed by atoms with van der Waals surface area (Å²) in [6.07, 6.45) is 0. The van der Waals surface area contributed by atoms with Crippen molar-refractivity contribution in [2.45, 2.75) is 0 Å². The van der Waals surface area contributed by atoms with Crippen LogP contribution in [0.25, 0.3) is 0 Å². The summed E-state index contributed by atoms with van der Waals surface area (Å²) in [4.78, 5) is 11.4. The number of hydrogen-bond donors (Lipinski definition) is 2. The molecule has 1 aromatic rings. The van der Waals surface area contributed by atoms with Gasteiger partial charge in [-0.15, -0.1) is 0 Å². The van der Waals surface area contributed by atoms with Gasteiger partial charge in [0.05, 0.1) is 18.8 Å². The van der Waals surface area contributed by atoms with Crippen LogP contribution < -0.4 is 10.6 Å². The van der Waals surface area contributed by atoms with Gasteiger partial charge in [0.1, 0.15) is 5.82 Å². The van der Waals surface area contributed by atoms with Gasteiger partial charge in [-0.3, -0.25) is 4.79 Å². The molecular formula is C11H16FN2O2+. The van der Waals surface area contributed by atoms with Crippen molar-refractivity contribution in [3.05, 3.63) is 30.1 Å². The van der Waals surface area contributed by atoms with E-state index < -0.39 is 5.82 Å². The third-order valence-corrected chi connectivity index (χ3v) is 2.00. The highest BCUT2D eigenvalue weighted by Crippen LogP contribution is 2.11. The number of quaternary nitrogens is 1. The van der Waals surface area contributed by atoms with Gasteiger partial charge in [-0.05, 0) is 12.1 Å². The Labute approximate surface area is 93.8 Å². The molecule has 0 radical (unpaired) electrons. The molecule has 5 heteroatoms. The molecule has 0 spiro atoms. The molecule has 0 aliphatic rings. The molecule has 0 aliphatic carbocycles. The van der Waals surface area contributed by atoms with Gasteiger partial charge in [-0.25, -0.2) is 4.39 Å². The van der Waals surface area contributed by atoms with Crippen LogP contribution in [0.5, 0.6) is 0 Å². The van der Waals surface area contributed by atoms with Crippen LogP contribution in [0.2, 0.25) is 0 Å². The van der Waals surface area contributed by atoms with Crippen molar-refractivity contribution in [1.29, 1.82) is 0 Å². The van der Waals surface area contributed by atoms with E-state index in [1.165, 1.54) is 12.1 Å². The van der Waals surface area contributed by atoms with E-state index in [0.717, 1.165) is 0 Å². The van der Waals surface area contributed by atoms with Crippen LogP contribution in [-0.2, 0) is 9.53 Å². The zero-order valence-electron chi connectivity index (χ0n) is 9.20. The van der Waals surface area contributed by atoms with Crippen molar-refractivity contribution < 1.29 is 19.2 Å². The highest BCUT2D eigenvalue weighted by molar-refractivity contribution is 5.91. The number of carbonyl (C=O) groups is 1. The standard InChI is InChI=1S/C11H15FN2O2/c1-16-7-6-13-8-11(15)14-10-5-3-2-4-9(10)12/h2-5,13H,6-8H2,1H3,(H,14,15)/p+1. The van der Waals surface area contributed by atoms with Gasteiger partial charge in [0, 0.05) is 7.11 Å². The number of amides is 1. The lowest BCUT2D eigenvalue weighted by Gasteiger charge is -2.05. The number of methoxy groups -OCH3 is 1. The van der Waals surface area contributed by atoms with Crippen molar-refractivity contribution in [3.63, 3.8) is 0 Å². The van der Waals surface area contributed by atoms with Crippen LogP contribution in [0, 0.1) is 5.82 Å². The maximum absolute atomic E-state index is 13.1. The number of anilines is 1. The van der Waals surface area contributed by atoms with Crippen molar-refractivity contribution in [2.24, 2.45) is 0 Å². The van der Waals surface area contributed by atoms with Crippen molar-refractivity contribution in [2.75, 3.05) is 32.1 Å². The normalized spacial score (nSPS) is 10.1. The summed E-state index contributed by atoms with van der Waals surface area (Å²) in [6, 6.07) is 6.09. The van der Waals surface area contributed by atoms with Gasteiger partial charge in [-0.2, -0.15) is 0 Å². The first kappa shape index (κ1) is 12.6. The number of rotatable bonds is 6. The molecule has 0 heterocycles. The lowest BCUT2D eigenvalue weighted by Crippen LogP contribution is -2.87. The second-order valence-corrected chi connectivity index (χ2v) is 3.30. The Balaban J connectivity index is 2.32. The van der Waals surface area contributed by atoms with Crippen LogP contribution in [-0.4, -0.2) is 32.7 Å². The predicted molar refractivity (Wildman–Crippen MR) is 58.6 cm³/mol. The molecular weight excluding hydrogens is 211 g/mol. The maximum Gasteiger partial charge on any atom is 0.279 e. The van der Waals surface area contributed by atoms with Crippen molar-refractivity contribution in [3.8, 4) is 0 Å². The Kier molecular flexibility index (Phi) is 5.45. The average Bonchev–Trinajstić information content (AvgIpc) is 2.28. The van der Waals surface area contributed by atoms with E-state index in [0.29, 0.717) is 13.2 Å². The van der Waals surface area contributed by atoms with Gasteiger partial charge < -0.3 is 15.4 Å². The fraction of sp³-hybridized carbons (Fsp3) is 0.364. The van der Waals surface area contributed by atoms with E-state index in [2.05, 4.69) is 5.32 Å². The monoisotopic (exact) mass is 227 g/mol. The summed E-state index contributed by atoms with van der Waals surface area (Å²) in [5.74, 6) is -0.644. The van der Waals surface area contributed by atoms with Crippen molar-refractivity contribution in [1.82, 2.24) is 0 Å². The molecule has 1 amide bonds. The molecule has 0 saturated heterocycles. The second kappa shape index (κ2) is 6.92. The molecule has 88 valence electrons. The topological polar surface area (TPSA) is 54.9 Å².